The number of phenolic OH excluding ortho intramolecular Hbond substituents is 1. The Balaban J connectivity index is 0.00000112. The third-order valence-corrected chi connectivity index (χ3v) is 14.9. The summed E-state index contributed by atoms with van der Waals surface area (Å²) in [5, 5.41) is 20.3. The van der Waals surface area contributed by atoms with Gasteiger partial charge in [-0.05, 0) is 100 Å². The maximum absolute atomic E-state index is 11.2. The number of aromatic hydroxyl groups is 1. The molecule has 2 aromatic carbocycles. The Labute approximate surface area is 263 Å². The maximum atomic E-state index is 11.2. The Morgan fingerprint density at radius 3 is 1.81 bits per heavy atom. The van der Waals surface area contributed by atoms with E-state index in [9.17, 15) is 5.11 Å². The first-order valence-corrected chi connectivity index (χ1v) is 35.1. The summed E-state index contributed by atoms with van der Waals surface area (Å²) in [4.78, 5) is 1.27. The Bertz CT molecular complexity index is 1130. The Hall–Kier alpha value is 0.985. The molecule has 0 saturated carbocycles. The molecular weight excluding hydrogens is 894 g/mol. The molecule has 1 atom stereocenters. The van der Waals surface area contributed by atoms with E-state index in [1.807, 2.05) is 37.3 Å². The number of fused-ring (bicyclic) bond motifs is 1. The minimum absolute atomic E-state index is 0.244. The Morgan fingerprint density at radius 1 is 0.919 bits per heavy atom. The van der Waals surface area contributed by atoms with Crippen LogP contribution >= 0.6 is 59.9 Å². The molecule has 1 N–H and O–H groups in total. The van der Waals surface area contributed by atoms with Gasteiger partial charge in [-0.25, -0.2) is 0 Å². The van der Waals surface area contributed by atoms with Crippen molar-refractivity contribution >= 4 is 96.2 Å². The second-order valence-electron chi connectivity index (χ2n) is 11.5. The second-order valence-corrected chi connectivity index (χ2v) is 59.7. The van der Waals surface area contributed by atoms with Gasteiger partial charge in [-0.15, -0.1) is 15.0 Å². The first-order chi connectivity index (χ1) is 16.9. The van der Waals surface area contributed by atoms with Crippen molar-refractivity contribution in [2.45, 2.75) is 72.1 Å². The fourth-order valence-electron chi connectivity index (χ4n) is 4.59. The molecule has 1 heterocycles. The monoisotopic (exact) mass is 933 g/mol. The van der Waals surface area contributed by atoms with Crippen LogP contribution in [-0.4, -0.2) is 45.3 Å². The van der Waals surface area contributed by atoms with E-state index in [0.717, 1.165) is 34.6 Å². The zero-order valence-electron chi connectivity index (χ0n) is 23.1. The first kappa shape index (κ1) is 34.2. The number of hydrogen-bond acceptors (Lipinski definition) is 5. The summed E-state index contributed by atoms with van der Waals surface area (Å²) in [7, 11) is -5.86. The molecule has 0 aliphatic carbocycles. The number of benzene rings is 2. The van der Waals surface area contributed by atoms with Crippen LogP contribution in [0.4, 0.5) is 0 Å². The van der Waals surface area contributed by atoms with Crippen LogP contribution in [0, 0.1) is 12.8 Å². The molecule has 3 aromatic rings. The Morgan fingerprint density at radius 2 is 1.38 bits per heavy atom. The molecule has 0 aliphatic rings. The molecule has 0 spiro atoms. The molecule has 0 fully saturated rings. The zero-order chi connectivity index (χ0) is 28.2. The molecule has 0 saturated heterocycles. The van der Waals surface area contributed by atoms with Crippen LogP contribution in [0.25, 0.3) is 16.7 Å². The molecule has 3 rings (SSSR count). The van der Waals surface area contributed by atoms with Crippen LogP contribution in [0.1, 0.15) is 18.1 Å². The van der Waals surface area contributed by atoms with Gasteiger partial charge in [0.2, 0.25) is 0 Å². The zero-order valence-corrected chi connectivity index (χ0v) is 34.0. The van der Waals surface area contributed by atoms with Crippen LogP contribution in [0.15, 0.2) is 36.4 Å². The van der Waals surface area contributed by atoms with Gasteiger partial charge in [0, 0.05) is 0 Å². The van der Waals surface area contributed by atoms with Crippen LogP contribution in [-0.2, 0) is 19.6 Å². The third-order valence-electron chi connectivity index (χ3n) is 5.15. The van der Waals surface area contributed by atoms with Crippen molar-refractivity contribution in [3.63, 3.8) is 0 Å². The Kier molecular flexibility index (Phi) is 13.2. The molecule has 0 bridgehead atoms. The molecule has 0 aliphatic heterocycles. The predicted octanol–water partition coefficient (Wildman–Crippen LogP) is 9.04. The average molecular weight is 934 g/mol. The third kappa shape index (κ3) is 12.2. The van der Waals surface area contributed by atoms with Crippen molar-refractivity contribution in [1.29, 1.82) is 0 Å². The van der Waals surface area contributed by atoms with Crippen molar-refractivity contribution in [2.24, 2.45) is 5.92 Å². The molecule has 37 heavy (non-hydrogen) atoms. The van der Waals surface area contributed by atoms with Gasteiger partial charge in [0.05, 0.1) is 0 Å². The van der Waals surface area contributed by atoms with Crippen LogP contribution in [0.3, 0.4) is 0 Å². The summed E-state index contributed by atoms with van der Waals surface area (Å²) in [6, 6.07) is 12.6. The van der Waals surface area contributed by atoms with E-state index in [0.29, 0.717) is 11.6 Å². The summed E-state index contributed by atoms with van der Waals surface area (Å²) >= 11 is 7.39. The second kappa shape index (κ2) is 14.2. The van der Waals surface area contributed by atoms with Crippen LogP contribution < -0.4 is 0 Å². The van der Waals surface area contributed by atoms with E-state index >= 15 is 0 Å². The minimum atomic E-state index is -2.36. The number of aromatic nitrogens is 3. The molecule has 1 aromatic heterocycles. The summed E-state index contributed by atoms with van der Waals surface area (Å²) in [6.07, 6.45) is 0.744. The van der Waals surface area contributed by atoms with Crippen molar-refractivity contribution in [3.05, 3.63) is 47.5 Å². The standard InChI is InChI=1S/C24H39N3O3Si3.3HI.V/c1-18-14-20(15-19(2)17-33(9,29-31(3,4)5)30-32(6,7)8)24(28)23(16-18)27-25-21-12-10-11-13-22(21)26-27;;;;/h10-14,16,19,28H,15,17H2,1-9H3;3*1H;/q;;;;+3/p-3. The summed E-state index contributed by atoms with van der Waals surface area (Å²) in [5.74, 6) is 0.549. The van der Waals surface area contributed by atoms with Gasteiger partial charge in [0.1, 0.15) is 22.5 Å². The topological polar surface area (TPSA) is 69.4 Å². The van der Waals surface area contributed by atoms with Gasteiger partial charge in [0.15, 0.2) is 16.6 Å². The number of rotatable bonds is 9. The summed E-state index contributed by atoms with van der Waals surface area (Å²) in [6.45, 7) is 19.9. The van der Waals surface area contributed by atoms with Gasteiger partial charge in [-0.1, -0.05) is 25.1 Å². The predicted molar refractivity (Wildman–Crippen MR) is 185 cm³/mol. The first-order valence-electron chi connectivity index (χ1n) is 12.2. The molecular formula is C24H39I3N3O3Si3V. The number of halogens is 3. The molecule has 6 nitrogen and oxygen atoms in total. The van der Waals surface area contributed by atoms with E-state index in [1.165, 1.54) is 0 Å². The van der Waals surface area contributed by atoms with Gasteiger partial charge in [-0.3, -0.25) is 0 Å². The molecule has 1 unspecified atom stereocenters. The van der Waals surface area contributed by atoms with E-state index in [-0.39, 0.29) is 10.7 Å². The molecule has 206 valence electrons. The van der Waals surface area contributed by atoms with Crippen LogP contribution in [0.5, 0.6) is 5.75 Å². The average Bonchev–Trinajstić information content (AvgIpc) is 3.10. The SMILES string of the molecule is Cc1cc(CC(C)C[Si](C)(O[Si](C)(C)C)O[Si](C)(C)C)c(O)c(-n2nc3ccccc3n2)c1.[I][V]([I])[I]. The van der Waals surface area contributed by atoms with E-state index in [2.05, 4.69) is 129 Å². The van der Waals surface area contributed by atoms with Crippen molar-refractivity contribution in [2.75, 3.05) is 0 Å². The number of hydrogen-bond donors (Lipinski definition) is 1. The van der Waals surface area contributed by atoms with Gasteiger partial charge < -0.3 is 13.3 Å². The molecule has 0 radical (unpaired) electrons. The van der Waals surface area contributed by atoms with Crippen molar-refractivity contribution in [1.82, 2.24) is 15.0 Å². The van der Waals surface area contributed by atoms with Crippen LogP contribution in [0.2, 0.25) is 51.9 Å². The fraction of sp³-hybridized carbons (Fsp3) is 0.500. The number of aryl methyl sites for hydroxylation is 1. The number of nitrogens with zero attached hydrogens (tertiary/aromatic N) is 3. The van der Waals surface area contributed by atoms with Gasteiger partial charge in [0.25, 0.3) is 0 Å². The van der Waals surface area contributed by atoms with Gasteiger partial charge >= 0.3 is 73.4 Å². The van der Waals surface area contributed by atoms with E-state index in [4.69, 9.17) is 8.23 Å². The quantitative estimate of drug-likeness (QED) is 0.172. The normalized spacial score (nSPS) is 13.5. The van der Waals surface area contributed by atoms with E-state index < -0.39 is 25.2 Å². The van der Waals surface area contributed by atoms with E-state index in [1.54, 1.807) is 4.80 Å². The molecule has 0 amide bonds. The van der Waals surface area contributed by atoms with Gasteiger partial charge in [-0.2, -0.15) is 0 Å². The molecule has 13 heteroatoms. The number of phenols is 1. The summed E-state index contributed by atoms with van der Waals surface area (Å²) < 4.78 is 13.4. The fourth-order valence-corrected chi connectivity index (χ4v) is 17.6. The van der Waals surface area contributed by atoms with Crippen molar-refractivity contribution in [3.8, 4) is 11.4 Å². The summed E-state index contributed by atoms with van der Waals surface area (Å²) in [5.41, 5.74) is 4.22. The van der Waals surface area contributed by atoms with Crippen molar-refractivity contribution < 1.29 is 18.3 Å².